The van der Waals surface area contributed by atoms with Crippen LogP contribution in [-0.4, -0.2) is 46.2 Å². The molecule has 2 aliphatic rings. The third kappa shape index (κ3) is 6.69. The maximum Gasteiger partial charge on any atom is 0.435 e. The van der Waals surface area contributed by atoms with E-state index in [-0.39, 0.29) is 47.8 Å². The van der Waals surface area contributed by atoms with E-state index in [0.29, 0.717) is 0 Å². The molecule has 2 aromatic carbocycles. The highest BCUT2D eigenvalue weighted by Crippen LogP contribution is 2.50. The number of halogens is 11. The van der Waals surface area contributed by atoms with Crippen LogP contribution in [0.1, 0.15) is 34.3 Å². The van der Waals surface area contributed by atoms with Gasteiger partial charge in [0.2, 0.25) is 0 Å². The van der Waals surface area contributed by atoms with E-state index in [4.69, 9.17) is 62.8 Å². The molecule has 0 spiro atoms. The van der Waals surface area contributed by atoms with Crippen molar-refractivity contribution < 1.29 is 45.5 Å². The Morgan fingerprint density at radius 3 is 1.66 bits per heavy atom. The van der Waals surface area contributed by atoms with E-state index in [9.17, 15) is 31.1 Å². The summed E-state index contributed by atoms with van der Waals surface area (Å²) in [5, 5.41) is 10.5. The van der Waals surface area contributed by atoms with Gasteiger partial charge in [-0.15, -0.1) is 0 Å². The van der Waals surface area contributed by atoms with Crippen molar-refractivity contribution in [2.75, 3.05) is 7.11 Å². The second-order valence-corrected chi connectivity index (χ2v) is 11.3. The second kappa shape index (κ2) is 12.5. The average Bonchev–Trinajstić information content (AvgIpc) is 3.66. The highest BCUT2D eigenvalue weighted by molar-refractivity contribution is 6.65. The first kappa shape index (κ1) is 34.0. The molecular weight excluding hydrogens is 712 g/mol. The molecular formula is C25H15Cl5F6N4O4. The molecule has 0 N–H and O–H groups in total. The van der Waals surface area contributed by atoms with Crippen molar-refractivity contribution in [2.45, 2.75) is 36.4 Å². The van der Waals surface area contributed by atoms with Gasteiger partial charge in [-0.2, -0.15) is 31.4 Å². The molecule has 44 heavy (non-hydrogen) atoms. The quantitative estimate of drug-likeness (QED) is 0.199. The van der Waals surface area contributed by atoms with Crippen molar-refractivity contribution in [1.29, 1.82) is 0 Å². The summed E-state index contributed by atoms with van der Waals surface area (Å²) in [6, 6.07) is 7.13. The van der Waals surface area contributed by atoms with Gasteiger partial charge < -0.3 is 14.4 Å². The molecule has 0 bridgehead atoms. The third-order valence-electron chi connectivity index (χ3n) is 6.25. The van der Waals surface area contributed by atoms with E-state index in [2.05, 4.69) is 25.0 Å². The normalized spacial score (nSPS) is 21.5. The number of carbonyl (C=O) groups excluding carboxylic acids is 1. The largest absolute Gasteiger partial charge is 0.465 e. The first-order chi connectivity index (χ1) is 20.4. The number of rotatable bonds is 3. The van der Waals surface area contributed by atoms with Crippen molar-refractivity contribution in [1.82, 2.24) is 9.78 Å². The van der Waals surface area contributed by atoms with E-state index in [1.165, 1.54) is 25.4 Å². The van der Waals surface area contributed by atoms with E-state index in [1.54, 1.807) is 0 Å². The van der Waals surface area contributed by atoms with Crippen LogP contribution < -0.4 is 0 Å². The number of methoxy groups -OCH3 is 1. The van der Waals surface area contributed by atoms with Crippen LogP contribution in [-0.2, 0) is 25.6 Å². The van der Waals surface area contributed by atoms with Crippen LogP contribution in [0.5, 0.6) is 0 Å². The first-order valence-corrected chi connectivity index (χ1v) is 13.7. The fourth-order valence-electron chi connectivity index (χ4n) is 4.14. The SMILES string of the molecule is COC(=O)c1cnn(C2=NOC(c3cc(Cl)cc(Cl)c3)(C(F)(F)F)C2)c1.FC(F)(F)C1(c2cc(Cl)cc(Cl)c2)CC(Cl)=NO1. The minimum atomic E-state index is -4.81. The van der Waals surface area contributed by atoms with E-state index < -0.39 is 42.4 Å². The van der Waals surface area contributed by atoms with E-state index in [0.717, 1.165) is 35.1 Å². The molecule has 236 valence electrons. The third-order valence-corrected chi connectivity index (χ3v) is 7.33. The number of benzene rings is 2. The lowest BCUT2D eigenvalue weighted by Crippen LogP contribution is -2.43. The second-order valence-electron chi connectivity index (χ2n) is 9.14. The highest BCUT2D eigenvalue weighted by atomic mass is 35.5. The van der Waals surface area contributed by atoms with Gasteiger partial charge in [0.1, 0.15) is 5.17 Å². The smallest absolute Gasteiger partial charge is 0.435 e. The summed E-state index contributed by atoms with van der Waals surface area (Å²) in [5.41, 5.74) is -5.86. The van der Waals surface area contributed by atoms with Gasteiger partial charge in [0, 0.05) is 37.4 Å². The van der Waals surface area contributed by atoms with Gasteiger partial charge in [-0.1, -0.05) is 68.3 Å². The van der Waals surface area contributed by atoms with Crippen LogP contribution in [0.3, 0.4) is 0 Å². The monoisotopic (exact) mass is 724 g/mol. The summed E-state index contributed by atoms with van der Waals surface area (Å²) in [6.45, 7) is 0. The number of hydrogen-bond acceptors (Lipinski definition) is 7. The zero-order valence-corrected chi connectivity index (χ0v) is 25.4. The number of esters is 1. The number of hydrogen-bond donors (Lipinski definition) is 0. The Morgan fingerprint density at radius 2 is 1.25 bits per heavy atom. The Morgan fingerprint density at radius 1 is 0.795 bits per heavy atom. The molecule has 0 radical (unpaired) electrons. The highest BCUT2D eigenvalue weighted by Gasteiger charge is 2.63. The molecule has 0 amide bonds. The van der Waals surface area contributed by atoms with Gasteiger partial charge >= 0.3 is 18.3 Å². The summed E-state index contributed by atoms with van der Waals surface area (Å²) in [4.78, 5) is 20.8. The summed E-state index contributed by atoms with van der Waals surface area (Å²) in [7, 11) is 1.17. The van der Waals surface area contributed by atoms with Crippen LogP contribution >= 0.6 is 58.0 Å². The average molecular weight is 727 g/mol. The molecule has 5 rings (SSSR count). The lowest BCUT2D eigenvalue weighted by Gasteiger charge is -2.29. The molecule has 2 unspecified atom stereocenters. The molecule has 0 aliphatic carbocycles. The number of ether oxygens (including phenoxy) is 1. The van der Waals surface area contributed by atoms with Gasteiger partial charge in [-0.05, 0) is 36.4 Å². The summed E-state index contributed by atoms with van der Waals surface area (Å²) < 4.78 is 86.7. The van der Waals surface area contributed by atoms with Crippen LogP contribution in [0.15, 0.2) is 59.1 Å². The van der Waals surface area contributed by atoms with Gasteiger partial charge in [-0.3, -0.25) is 0 Å². The van der Waals surface area contributed by atoms with E-state index >= 15 is 0 Å². The zero-order valence-electron chi connectivity index (χ0n) is 21.6. The minimum absolute atomic E-state index is 0.0280. The van der Waals surface area contributed by atoms with Gasteiger partial charge in [-0.25, -0.2) is 9.48 Å². The Bertz CT molecular complexity index is 1610. The summed E-state index contributed by atoms with van der Waals surface area (Å²) >= 11 is 28.6. The topological polar surface area (TPSA) is 87.3 Å². The predicted octanol–water partition coefficient (Wildman–Crippen LogP) is 8.74. The zero-order chi connectivity index (χ0) is 32.7. The van der Waals surface area contributed by atoms with E-state index in [1.807, 2.05) is 0 Å². The predicted molar refractivity (Wildman–Crippen MR) is 149 cm³/mol. The molecule has 2 atom stereocenters. The first-order valence-electron chi connectivity index (χ1n) is 11.8. The van der Waals surface area contributed by atoms with Gasteiger partial charge in [0.15, 0.2) is 5.84 Å². The van der Waals surface area contributed by atoms with Gasteiger partial charge in [0.25, 0.3) is 11.2 Å². The number of nitrogens with zero attached hydrogens (tertiary/aromatic N) is 4. The van der Waals surface area contributed by atoms with Crippen LogP contribution in [0, 0.1) is 0 Å². The fraction of sp³-hybridized carbons (Fsp3) is 0.280. The molecule has 2 aliphatic heterocycles. The number of carbonyl (C=O) groups is 1. The fourth-order valence-corrected chi connectivity index (χ4v) is 5.41. The Kier molecular flexibility index (Phi) is 9.63. The molecule has 0 fully saturated rings. The van der Waals surface area contributed by atoms with Crippen molar-refractivity contribution >= 4 is 75.0 Å². The lowest BCUT2D eigenvalue weighted by atomic mass is 9.89. The number of oxime groups is 2. The van der Waals surface area contributed by atoms with Crippen LogP contribution in [0.25, 0.3) is 0 Å². The molecule has 8 nitrogen and oxygen atoms in total. The van der Waals surface area contributed by atoms with Crippen molar-refractivity contribution in [2.24, 2.45) is 10.3 Å². The number of alkyl halides is 6. The van der Waals surface area contributed by atoms with Crippen LogP contribution in [0.2, 0.25) is 20.1 Å². The summed E-state index contributed by atoms with van der Waals surface area (Å²) in [6.07, 6.45) is -8.44. The molecule has 19 heteroatoms. The van der Waals surface area contributed by atoms with Crippen molar-refractivity contribution in [3.8, 4) is 0 Å². The maximum absolute atomic E-state index is 13.9. The maximum atomic E-state index is 13.9. The minimum Gasteiger partial charge on any atom is -0.465 e. The standard InChI is InChI=1S/C15H10Cl2F3N3O3.C10H5Cl3F3NO/c1-25-13(24)8-6-21-23(7-8)12-5-14(26-22-12,15(18,19)20)9-2-10(16)4-11(17)3-9;11-6-1-5(2-7(12)3-6)9(10(14,15)16)4-8(13)17-18-9/h2-4,6-7H,5H2,1H3;1-3H,4H2. The molecule has 3 heterocycles. The van der Waals surface area contributed by atoms with Crippen molar-refractivity contribution in [3.63, 3.8) is 0 Å². The molecule has 1 aromatic heterocycles. The summed E-state index contributed by atoms with van der Waals surface area (Å²) in [5.74, 6) is -0.826. The molecule has 0 saturated heterocycles. The van der Waals surface area contributed by atoms with Crippen LogP contribution in [0.4, 0.5) is 26.3 Å². The Labute approximate surface area is 269 Å². The van der Waals surface area contributed by atoms with Gasteiger partial charge in [0.05, 0.1) is 31.7 Å². The lowest BCUT2D eigenvalue weighted by molar-refractivity contribution is -0.276. The molecule has 3 aromatic rings. The Hall–Kier alpha value is -2.91. The van der Waals surface area contributed by atoms with Crippen molar-refractivity contribution in [3.05, 3.63) is 85.6 Å². The number of aromatic nitrogens is 2. The Balaban J connectivity index is 0.000000215. The molecule has 0 saturated carbocycles.